The number of hydrogen-bond acceptors (Lipinski definition) is 4. The molecule has 2 aliphatic rings. The molecule has 1 aromatic carbocycles. The van der Waals surface area contributed by atoms with Gasteiger partial charge in [0, 0.05) is 34.4 Å². The van der Waals surface area contributed by atoms with Gasteiger partial charge in [-0.3, -0.25) is 9.78 Å². The minimum Gasteiger partial charge on any atom is -0.356 e. The van der Waals surface area contributed by atoms with Crippen LogP contribution in [-0.4, -0.2) is 32.5 Å². The number of aryl methyl sites for hydroxylation is 2. The van der Waals surface area contributed by atoms with Crippen LogP contribution in [0.4, 0.5) is 0 Å². The molecule has 1 aliphatic heterocycles. The molecule has 0 radical (unpaired) electrons. The van der Waals surface area contributed by atoms with Crippen LogP contribution in [0.25, 0.3) is 10.9 Å². The van der Waals surface area contributed by atoms with E-state index >= 15 is 0 Å². The van der Waals surface area contributed by atoms with Crippen molar-refractivity contribution in [3.63, 3.8) is 0 Å². The summed E-state index contributed by atoms with van der Waals surface area (Å²) < 4.78 is 5.62. The van der Waals surface area contributed by atoms with Crippen molar-refractivity contribution in [3.05, 3.63) is 82.1 Å². The second-order valence-corrected chi connectivity index (χ2v) is 8.56. The van der Waals surface area contributed by atoms with Crippen LogP contribution in [0.3, 0.4) is 0 Å². The highest BCUT2D eigenvalue weighted by atomic mass is 16.5. The predicted molar refractivity (Wildman–Crippen MR) is 117 cm³/mol. The first-order valence-corrected chi connectivity index (χ1v) is 11.0. The molecule has 0 unspecified atom stereocenters. The molecule has 4 heterocycles. The first-order chi connectivity index (χ1) is 15.2. The minimum atomic E-state index is -0.284. The molecule has 0 bridgehead atoms. The Bertz CT molecular complexity index is 1300. The van der Waals surface area contributed by atoms with Crippen LogP contribution in [0.2, 0.25) is 0 Å². The number of H-pyrrole nitrogens is 1. The molecular formula is C25H24N4O2. The Morgan fingerprint density at radius 2 is 1.94 bits per heavy atom. The topological polar surface area (TPSA) is 75.0 Å². The first-order valence-electron chi connectivity index (χ1n) is 11.0. The Morgan fingerprint density at radius 3 is 2.84 bits per heavy atom. The van der Waals surface area contributed by atoms with Crippen LogP contribution in [-0.2, 0) is 19.3 Å². The molecule has 0 saturated carbocycles. The summed E-state index contributed by atoms with van der Waals surface area (Å²) in [5.74, 6) is 0.320. The average Bonchev–Trinajstić information content (AvgIpc) is 3.39. The number of aromatic amines is 1. The van der Waals surface area contributed by atoms with E-state index in [1.807, 2.05) is 36.1 Å². The molecule has 31 heavy (non-hydrogen) atoms. The highest BCUT2D eigenvalue weighted by Crippen LogP contribution is 2.39. The minimum absolute atomic E-state index is 0.0896. The van der Waals surface area contributed by atoms with Gasteiger partial charge in [0.2, 0.25) is 5.76 Å². The van der Waals surface area contributed by atoms with Crippen LogP contribution in [0.15, 0.2) is 47.0 Å². The molecule has 1 amide bonds. The lowest BCUT2D eigenvalue weighted by molar-refractivity contribution is 0.0644. The van der Waals surface area contributed by atoms with Gasteiger partial charge in [-0.15, -0.1) is 0 Å². The first kappa shape index (κ1) is 18.4. The smallest absolute Gasteiger partial charge is 0.293 e. The van der Waals surface area contributed by atoms with Gasteiger partial charge in [0.25, 0.3) is 5.91 Å². The number of carbonyl (C=O) groups is 1. The molecule has 6 rings (SSSR count). The quantitative estimate of drug-likeness (QED) is 0.525. The lowest BCUT2D eigenvalue weighted by atomic mass is 9.92. The molecule has 3 aromatic heterocycles. The zero-order valence-corrected chi connectivity index (χ0v) is 17.5. The lowest BCUT2D eigenvalue weighted by Gasteiger charge is -2.35. The van der Waals surface area contributed by atoms with Crippen molar-refractivity contribution in [2.75, 3.05) is 6.54 Å². The third-order valence-corrected chi connectivity index (χ3v) is 6.64. The number of fused-ring (bicyclic) bond motifs is 4. The number of aromatic nitrogens is 3. The summed E-state index contributed by atoms with van der Waals surface area (Å²) in [6, 6.07) is 14.1. The van der Waals surface area contributed by atoms with E-state index < -0.39 is 0 Å². The fourth-order valence-corrected chi connectivity index (χ4v) is 5.17. The number of nitrogens with zero attached hydrogens (tertiary/aromatic N) is 3. The molecule has 4 aromatic rings. The van der Waals surface area contributed by atoms with Crippen LogP contribution < -0.4 is 0 Å². The molecular weight excluding hydrogens is 388 g/mol. The second-order valence-electron chi connectivity index (χ2n) is 8.56. The Balaban J connectivity index is 1.50. The molecule has 0 spiro atoms. The highest BCUT2D eigenvalue weighted by molar-refractivity contribution is 5.94. The largest absolute Gasteiger partial charge is 0.356 e. The number of carbonyl (C=O) groups excluding carboxylic acids is 1. The zero-order valence-electron chi connectivity index (χ0n) is 17.5. The van der Waals surface area contributed by atoms with E-state index in [0.717, 1.165) is 66.0 Å². The number of amides is 1. The van der Waals surface area contributed by atoms with Crippen molar-refractivity contribution in [2.45, 2.75) is 45.1 Å². The number of rotatable bonds is 2. The van der Waals surface area contributed by atoms with Gasteiger partial charge >= 0.3 is 0 Å². The fourth-order valence-electron chi connectivity index (χ4n) is 5.17. The van der Waals surface area contributed by atoms with Crippen molar-refractivity contribution in [3.8, 4) is 0 Å². The number of hydrogen-bond donors (Lipinski definition) is 1. The van der Waals surface area contributed by atoms with Gasteiger partial charge in [-0.25, -0.2) is 0 Å². The molecule has 0 fully saturated rings. The summed E-state index contributed by atoms with van der Waals surface area (Å²) >= 11 is 0. The average molecular weight is 412 g/mol. The van der Waals surface area contributed by atoms with Gasteiger partial charge in [0.05, 0.1) is 11.4 Å². The number of pyridine rings is 1. The molecule has 6 heteroatoms. The summed E-state index contributed by atoms with van der Waals surface area (Å²) in [5.41, 5.74) is 7.16. The van der Waals surface area contributed by atoms with Crippen molar-refractivity contribution < 1.29 is 9.32 Å². The van der Waals surface area contributed by atoms with Crippen molar-refractivity contribution >= 4 is 16.8 Å². The van der Waals surface area contributed by atoms with E-state index in [9.17, 15) is 4.79 Å². The van der Waals surface area contributed by atoms with Gasteiger partial charge in [-0.2, -0.15) is 0 Å². The van der Waals surface area contributed by atoms with Crippen LogP contribution in [0, 0.1) is 6.92 Å². The summed E-state index contributed by atoms with van der Waals surface area (Å²) in [4.78, 5) is 24.1. The highest BCUT2D eigenvalue weighted by Gasteiger charge is 2.38. The van der Waals surface area contributed by atoms with E-state index in [0.29, 0.717) is 12.3 Å². The van der Waals surface area contributed by atoms with E-state index in [2.05, 4.69) is 28.3 Å². The third kappa shape index (κ3) is 2.89. The molecule has 156 valence electrons. The standard InChI is InChI=1S/C25H24N4O2/c1-15-7-6-12-21(26-15)23-22-17(16-8-2-4-10-19(16)27-22)13-14-29(23)25(30)24-18-9-3-5-11-20(18)28-31-24/h2,4,6-8,10,12,23,27H,3,5,9,11,13-14H2,1H3/t23-/m1/s1. The Hall–Kier alpha value is -3.41. The van der Waals surface area contributed by atoms with E-state index in [1.165, 1.54) is 10.9 Å². The number of nitrogens with one attached hydrogen (secondary N) is 1. The van der Waals surface area contributed by atoms with Crippen LogP contribution >= 0.6 is 0 Å². The van der Waals surface area contributed by atoms with Gasteiger partial charge in [0.15, 0.2) is 0 Å². The van der Waals surface area contributed by atoms with Crippen molar-refractivity contribution in [1.29, 1.82) is 0 Å². The molecule has 6 nitrogen and oxygen atoms in total. The summed E-state index contributed by atoms with van der Waals surface area (Å²) in [5, 5.41) is 5.44. The van der Waals surface area contributed by atoms with Gasteiger partial charge in [-0.1, -0.05) is 29.4 Å². The Kier molecular flexibility index (Phi) is 4.19. The monoisotopic (exact) mass is 412 g/mol. The van der Waals surface area contributed by atoms with Crippen molar-refractivity contribution in [1.82, 2.24) is 20.0 Å². The Morgan fingerprint density at radius 1 is 1.06 bits per heavy atom. The third-order valence-electron chi connectivity index (χ3n) is 6.64. The SMILES string of the molecule is Cc1cccc([C@@H]2c3[nH]c4ccccc4c3CCN2C(=O)c2onc3c2CCCC3)n1. The molecule has 1 atom stereocenters. The predicted octanol–water partition coefficient (Wildman–Crippen LogP) is 4.53. The maximum absolute atomic E-state index is 13.8. The van der Waals surface area contributed by atoms with E-state index in [-0.39, 0.29) is 11.9 Å². The molecule has 0 saturated heterocycles. The summed E-state index contributed by atoms with van der Waals surface area (Å²) in [6.45, 7) is 2.60. The second kappa shape index (κ2) is 7.08. The lowest BCUT2D eigenvalue weighted by Crippen LogP contribution is -2.41. The summed E-state index contributed by atoms with van der Waals surface area (Å²) in [6.07, 6.45) is 4.72. The molecule has 1 aliphatic carbocycles. The fraction of sp³-hybridized carbons (Fsp3) is 0.320. The zero-order chi connectivity index (χ0) is 20.9. The maximum Gasteiger partial charge on any atom is 0.293 e. The van der Waals surface area contributed by atoms with E-state index in [4.69, 9.17) is 9.51 Å². The van der Waals surface area contributed by atoms with Gasteiger partial charge in [0.1, 0.15) is 6.04 Å². The van der Waals surface area contributed by atoms with Crippen LogP contribution in [0.1, 0.15) is 63.3 Å². The number of para-hydroxylation sites is 1. The summed E-state index contributed by atoms with van der Waals surface area (Å²) in [7, 11) is 0. The number of benzene rings is 1. The Labute approximate surface area is 180 Å². The molecule has 1 N–H and O–H groups in total. The van der Waals surface area contributed by atoms with Gasteiger partial charge in [-0.05, 0) is 62.8 Å². The maximum atomic E-state index is 13.8. The van der Waals surface area contributed by atoms with Crippen molar-refractivity contribution in [2.24, 2.45) is 0 Å². The normalized spacial score (nSPS) is 18.1. The van der Waals surface area contributed by atoms with Gasteiger partial charge < -0.3 is 14.4 Å². The van der Waals surface area contributed by atoms with Crippen LogP contribution in [0.5, 0.6) is 0 Å². The van der Waals surface area contributed by atoms with E-state index in [1.54, 1.807) is 0 Å².